The molecule has 1 aromatic heterocycles. The van der Waals surface area contributed by atoms with Crippen molar-refractivity contribution in [2.24, 2.45) is 11.8 Å². The van der Waals surface area contributed by atoms with E-state index in [0.29, 0.717) is 13.1 Å². The van der Waals surface area contributed by atoms with Gasteiger partial charge in [0.1, 0.15) is 11.4 Å². The number of ether oxygens (including phenoxy) is 1. The highest BCUT2D eigenvalue weighted by molar-refractivity contribution is 5.93. The first kappa shape index (κ1) is 19.8. The van der Waals surface area contributed by atoms with Crippen LogP contribution >= 0.6 is 0 Å². The number of nitrogens with two attached hydrogens (primary N) is 1. The molecule has 162 valence electrons. The molecule has 3 fully saturated rings. The molecule has 1 aromatic rings. The van der Waals surface area contributed by atoms with Gasteiger partial charge in [0.15, 0.2) is 0 Å². The SMILES string of the molecule is CC1(C)CC(NC(=O)[C@H]2[C@@H]3C=C[C@@]4(CN(Cc5ccco5)C(=O)[C@H]24)O3)CC(C)(C)[NH2+]1. The van der Waals surface area contributed by atoms with Crippen LogP contribution in [0.2, 0.25) is 0 Å². The molecule has 4 aliphatic heterocycles. The quantitative estimate of drug-likeness (QED) is 0.719. The van der Waals surface area contributed by atoms with Gasteiger partial charge in [0.2, 0.25) is 11.8 Å². The number of quaternary nitrogens is 1. The fourth-order valence-electron chi connectivity index (χ4n) is 6.52. The monoisotopic (exact) mass is 414 g/mol. The zero-order chi connectivity index (χ0) is 21.3. The molecular formula is C23H32N3O4+. The summed E-state index contributed by atoms with van der Waals surface area (Å²) in [6.07, 6.45) is 7.06. The predicted molar refractivity (Wildman–Crippen MR) is 109 cm³/mol. The Morgan fingerprint density at radius 2 is 2.00 bits per heavy atom. The largest absolute Gasteiger partial charge is 0.467 e. The minimum absolute atomic E-state index is 0.0176. The summed E-state index contributed by atoms with van der Waals surface area (Å²) in [5.74, 6) is -0.263. The third kappa shape index (κ3) is 3.19. The summed E-state index contributed by atoms with van der Waals surface area (Å²) in [4.78, 5) is 28.5. The molecule has 1 spiro atoms. The standard InChI is InChI=1S/C23H31N3O4/c1-21(2)10-14(11-22(3,4)25-21)24-19(27)17-16-7-8-23(30-16)13-26(20(28)18(17)23)12-15-6-5-9-29-15/h5-9,14,16-18,25H,10-13H2,1-4H3,(H,24,27)/p+1/t16-,17-,18-,23-/m0/s1. The van der Waals surface area contributed by atoms with Crippen LogP contribution in [0.5, 0.6) is 0 Å². The van der Waals surface area contributed by atoms with E-state index in [1.54, 1.807) is 11.2 Å². The van der Waals surface area contributed by atoms with Crippen molar-refractivity contribution in [1.82, 2.24) is 10.2 Å². The van der Waals surface area contributed by atoms with E-state index in [1.807, 2.05) is 24.3 Å². The first-order chi connectivity index (χ1) is 14.1. The van der Waals surface area contributed by atoms with Gasteiger partial charge in [-0.3, -0.25) is 9.59 Å². The van der Waals surface area contributed by atoms with E-state index >= 15 is 0 Å². The van der Waals surface area contributed by atoms with Gasteiger partial charge in [-0.1, -0.05) is 12.2 Å². The van der Waals surface area contributed by atoms with Crippen LogP contribution in [0.1, 0.15) is 46.3 Å². The van der Waals surface area contributed by atoms with Crippen LogP contribution in [0, 0.1) is 11.8 Å². The Labute approximate surface area is 177 Å². The smallest absolute Gasteiger partial charge is 0.230 e. The molecule has 7 nitrogen and oxygen atoms in total. The maximum atomic E-state index is 13.4. The zero-order valence-corrected chi connectivity index (χ0v) is 18.2. The van der Waals surface area contributed by atoms with E-state index in [4.69, 9.17) is 9.15 Å². The third-order valence-corrected chi connectivity index (χ3v) is 7.08. The van der Waals surface area contributed by atoms with E-state index in [2.05, 4.69) is 38.3 Å². The van der Waals surface area contributed by atoms with Crippen LogP contribution in [-0.2, 0) is 20.9 Å². The number of furan rings is 1. The fraction of sp³-hybridized carbons (Fsp3) is 0.652. The van der Waals surface area contributed by atoms with Gasteiger partial charge in [-0.05, 0) is 39.8 Å². The van der Waals surface area contributed by atoms with Crippen molar-refractivity contribution in [2.75, 3.05) is 6.54 Å². The summed E-state index contributed by atoms with van der Waals surface area (Å²) < 4.78 is 11.7. The summed E-state index contributed by atoms with van der Waals surface area (Å²) in [6, 6.07) is 3.78. The van der Waals surface area contributed by atoms with Gasteiger partial charge in [-0.2, -0.15) is 0 Å². The lowest BCUT2D eigenvalue weighted by Crippen LogP contribution is -3.06. The second-order valence-electron chi connectivity index (χ2n) is 10.9. The van der Waals surface area contributed by atoms with Gasteiger partial charge in [0.05, 0.1) is 48.4 Å². The number of nitrogens with one attached hydrogen (secondary N) is 1. The summed E-state index contributed by atoms with van der Waals surface area (Å²) in [7, 11) is 0. The van der Waals surface area contributed by atoms with E-state index in [1.165, 1.54) is 0 Å². The van der Waals surface area contributed by atoms with Crippen LogP contribution in [0.15, 0.2) is 35.0 Å². The highest BCUT2D eigenvalue weighted by Crippen LogP contribution is 2.52. The first-order valence-electron chi connectivity index (χ1n) is 10.9. The van der Waals surface area contributed by atoms with Crippen molar-refractivity contribution in [2.45, 2.75) is 75.9 Å². The van der Waals surface area contributed by atoms with Crippen LogP contribution < -0.4 is 10.6 Å². The Balaban J connectivity index is 1.33. The minimum atomic E-state index is -0.685. The lowest BCUT2D eigenvalue weighted by atomic mass is 9.75. The van der Waals surface area contributed by atoms with Gasteiger partial charge in [0, 0.05) is 18.9 Å². The van der Waals surface area contributed by atoms with Gasteiger partial charge in [0.25, 0.3) is 0 Å². The van der Waals surface area contributed by atoms with Gasteiger partial charge < -0.3 is 24.7 Å². The molecule has 5 heterocycles. The average Bonchev–Trinajstić information content (AvgIpc) is 3.35. The predicted octanol–water partition coefficient (Wildman–Crippen LogP) is 0.961. The molecule has 0 radical (unpaired) electrons. The minimum Gasteiger partial charge on any atom is -0.467 e. The topological polar surface area (TPSA) is 88.4 Å². The lowest BCUT2D eigenvalue weighted by Gasteiger charge is -2.43. The number of amides is 2. The summed E-state index contributed by atoms with van der Waals surface area (Å²) in [6.45, 7) is 9.75. The first-order valence-corrected chi connectivity index (χ1v) is 10.9. The summed E-state index contributed by atoms with van der Waals surface area (Å²) >= 11 is 0. The molecule has 3 N–H and O–H groups in total. The maximum Gasteiger partial charge on any atom is 0.230 e. The van der Waals surface area contributed by atoms with Crippen molar-refractivity contribution in [1.29, 1.82) is 0 Å². The Hall–Kier alpha value is -2.12. The number of hydrogen-bond donors (Lipinski definition) is 2. The molecule has 2 bridgehead atoms. The molecule has 7 heteroatoms. The molecule has 0 aromatic carbocycles. The maximum absolute atomic E-state index is 13.4. The van der Waals surface area contributed by atoms with Crippen LogP contribution in [0.25, 0.3) is 0 Å². The molecule has 0 unspecified atom stereocenters. The van der Waals surface area contributed by atoms with Crippen LogP contribution in [-0.4, -0.2) is 52.1 Å². The second-order valence-corrected chi connectivity index (χ2v) is 10.9. The number of likely N-dealkylation sites (tertiary alicyclic amines) is 1. The summed E-state index contributed by atoms with van der Waals surface area (Å²) in [5, 5.41) is 5.68. The number of nitrogens with zero attached hydrogens (tertiary/aromatic N) is 1. The van der Waals surface area contributed by atoms with Crippen molar-refractivity contribution < 1.29 is 24.1 Å². The Kier molecular flexibility index (Phi) is 4.25. The molecule has 0 aliphatic carbocycles. The number of hydrogen-bond acceptors (Lipinski definition) is 4. The van der Waals surface area contributed by atoms with Crippen molar-refractivity contribution in [3.8, 4) is 0 Å². The zero-order valence-electron chi connectivity index (χ0n) is 18.2. The Morgan fingerprint density at radius 3 is 2.67 bits per heavy atom. The Bertz CT molecular complexity index is 874. The van der Waals surface area contributed by atoms with Crippen LogP contribution in [0.4, 0.5) is 0 Å². The third-order valence-electron chi connectivity index (χ3n) is 7.08. The number of carbonyl (C=O) groups excluding carboxylic acids is 2. The van der Waals surface area contributed by atoms with Gasteiger partial charge in [-0.15, -0.1) is 0 Å². The second kappa shape index (κ2) is 6.44. The van der Waals surface area contributed by atoms with Crippen molar-refractivity contribution in [3.63, 3.8) is 0 Å². The number of rotatable bonds is 4. The molecule has 4 aliphatic rings. The lowest BCUT2D eigenvalue weighted by molar-refractivity contribution is -0.787. The molecule has 30 heavy (non-hydrogen) atoms. The fourth-order valence-corrected chi connectivity index (χ4v) is 6.52. The van der Waals surface area contributed by atoms with E-state index in [0.717, 1.165) is 18.6 Å². The summed E-state index contributed by atoms with van der Waals surface area (Å²) in [5.41, 5.74) is -0.556. The Morgan fingerprint density at radius 1 is 1.27 bits per heavy atom. The molecule has 0 saturated carbocycles. The molecular weight excluding hydrogens is 382 g/mol. The van der Waals surface area contributed by atoms with Crippen molar-refractivity contribution in [3.05, 3.63) is 36.3 Å². The highest BCUT2D eigenvalue weighted by atomic mass is 16.5. The number of fused-ring (bicyclic) bond motifs is 1. The van der Waals surface area contributed by atoms with E-state index in [-0.39, 0.29) is 35.0 Å². The van der Waals surface area contributed by atoms with Crippen molar-refractivity contribution >= 4 is 11.8 Å². The molecule has 4 atom stereocenters. The van der Waals surface area contributed by atoms with E-state index in [9.17, 15) is 9.59 Å². The molecule has 3 saturated heterocycles. The average molecular weight is 415 g/mol. The van der Waals surface area contributed by atoms with Gasteiger partial charge >= 0.3 is 0 Å². The normalized spacial score (nSPS) is 36.3. The number of piperidine rings is 1. The molecule has 5 rings (SSSR count). The van der Waals surface area contributed by atoms with Crippen LogP contribution in [0.3, 0.4) is 0 Å². The van der Waals surface area contributed by atoms with E-state index < -0.39 is 17.4 Å². The van der Waals surface area contributed by atoms with Gasteiger partial charge in [-0.25, -0.2) is 0 Å². The number of carbonyl (C=O) groups is 2. The highest BCUT2D eigenvalue weighted by Gasteiger charge is 2.67. The molecule has 2 amide bonds.